The Morgan fingerprint density at radius 2 is 2.00 bits per heavy atom. The summed E-state index contributed by atoms with van der Waals surface area (Å²) in [5.74, 6) is -0.358. The number of carbonyl (C=O) groups excluding carboxylic acids is 3. The summed E-state index contributed by atoms with van der Waals surface area (Å²) in [6, 6.07) is 12.0. The number of thiazole rings is 1. The van der Waals surface area contributed by atoms with Gasteiger partial charge >= 0.3 is 5.97 Å². The van der Waals surface area contributed by atoms with E-state index >= 15 is 0 Å². The largest absolute Gasteiger partial charge is 0.466 e. The second-order valence-corrected chi connectivity index (χ2v) is 9.01. The summed E-state index contributed by atoms with van der Waals surface area (Å²) in [7, 11) is 1.69. The van der Waals surface area contributed by atoms with Gasteiger partial charge in [0.05, 0.1) is 30.7 Å². The molecular formula is C25H23N3O6S. The van der Waals surface area contributed by atoms with Gasteiger partial charge in [-0.05, 0) is 36.2 Å². The van der Waals surface area contributed by atoms with Gasteiger partial charge in [0.25, 0.3) is 5.91 Å². The molecule has 1 N–H and O–H groups in total. The molecule has 3 heterocycles. The number of amides is 2. The van der Waals surface area contributed by atoms with Crippen LogP contribution in [0.5, 0.6) is 11.5 Å². The lowest BCUT2D eigenvalue weighted by Crippen LogP contribution is -2.44. The molecule has 0 saturated carbocycles. The first-order chi connectivity index (χ1) is 17.0. The highest BCUT2D eigenvalue weighted by molar-refractivity contribution is 7.13. The van der Waals surface area contributed by atoms with Gasteiger partial charge in [-0.3, -0.25) is 14.4 Å². The quantitative estimate of drug-likeness (QED) is 0.524. The van der Waals surface area contributed by atoms with Gasteiger partial charge in [-0.15, -0.1) is 11.3 Å². The summed E-state index contributed by atoms with van der Waals surface area (Å²) in [5, 5.41) is 4.97. The first-order valence-electron chi connectivity index (χ1n) is 11.1. The Labute approximate surface area is 205 Å². The van der Waals surface area contributed by atoms with Gasteiger partial charge in [-0.1, -0.05) is 24.3 Å². The predicted octanol–water partition coefficient (Wildman–Crippen LogP) is 3.53. The van der Waals surface area contributed by atoms with E-state index in [1.165, 1.54) is 11.3 Å². The van der Waals surface area contributed by atoms with Crippen molar-refractivity contribution in [3.63, 3.8) is 0 Å². The zero-order chi connectivity index (χ0) is 24.5. The Kier molecular flexibility index (Phi) is 6.12. The summed E-state index contributed by atoms with van der Waals surface area (Å²) in [6.45, 7) is 2.16. The second-order valence-electron chi connectivity index (χ2n) is 8.15. The Hall–Kier alpha value is -3.92. The van der Waals surface area contributed by atoms with E-state index in [1.54, 1.807) is 48.5 Å². The minimum absolute atomic E-state index is 0.0313. The van der Waals surface area contributed by atoms with Crippen molar-refractivity contribution in [3.8, 4) is 11.5 Å². The molecule has 0 fully saturated rings. The smallest absolute Gasteiger partial charge is 0.311 e. The van der Waals surface area contributed by atoms with Crippen LogP contribution in [0, 0.1) is 0 Å². The molecule has 0 saturated heterocycles. The number of likely N-dealkylation sites (N-methyl/N-ethyl adjacent to an activating group) is 1. The van der Waals surface area contributed by atoms with Gasteiger partial charge < -0.3 is 24.4 Å². The van der Waals surface area contributed by atoms with Gasteiger partial charge in [0, 0.05) is 18.0 Å². The summed E-state index contributed by atoms with van der Waals surface area (Å²) in [5.41, 5.74) is 2.39. The number of carbonyl (C=O) groups is 3. The molecule has 0 bridgehead atoms. The fraction of sp³-hybridized carbons (Fsp3) is 0.280. The van der Waals surface area contributed by atoms with Crippen LogP contribution in [0.4, 0.5) is 5.13 Å². The average Bonchev–Trinajstić information content (AvgIpc) is 3.50. The maximum absolute atomic E-state index is 13.7. The third-order valence-corrected chi connectivity index (χ3v) is 6.82. The number of nitrogens with zero attached hydrogens (tertiary/aromatic N) is 2. The number of hydrogen-bond acceptors (Lipinski definition) is 8. The van der Waals surface area contributed by atoms with Gasteiger partial charge in [0.1, 0.15) is 0 Å². The number of aromatic nitrogens is 1. The molecule has 2 aromatic carbocycles. The SMILES string of the molecule is CCOC(=O)Cc1csc(NC(=O)[C@@H]2c3ccccc3C(=O)N(C)[C@H]2c2ccc3c(c2)OCO3)n1. The van der Waals surface area contributed by atoms with Crippen molar-refractivity contribution in [1.29, 1.82) is 0 Å². The zero-order valence-electron chi connectivity index (χ0n) is 19.1. The van der Waals surface area contributed by atoms with Crippen LogP contribution in [-0.2, 0) is 20.7 Å². The van der Waals surface area contributed by atoms with Crippen LogP contribution >= 0.6 is 11.3 Å². The summed E-state index contributed by atoms with van der Waals surface area (Å²) < 4.78 is 15.9. The fourth-order valence-corrected chi connectivity index (χ4v) is 5.17. The highest BCUT2D eigenvalue weighted by Crippen LogP contribution is 2.45. The van der Waals surface area contributed by atoms with Gasteiger partial charge in [0.15, 0.2) is 16.6 Å². The number of anilines is 1. The lowest BCUT2D eigenvalue weighted by molar-refractivity contribution is -0.142. The van der Waals surface area contributed by atoms with Crippen LogP contribution in [0.15, 0.2) is 47.8 Å². The monoisotopic (exact) mass is 493 g/mol. The predicted molar refractivity (Wildman–Crippen MR) is 128 cm³/mol. The molecule has 9 nitrogen and oxygen atoms in total. The first-order valence-corrected chi connectivity index (χ1v) is 12.0. The van der Waals surface area contributed by atoms with E-state index in [2.05, 4.69) is 10.3 Å². The van der Waals surface area contributed by atoms with Gasteiger partial charge in [-0.2, -0.15) is 0 Å². The number of hydrogen-bond donors (Lipinski definition) is 1. The molecule has 0 radical (unpaired) electrons. The lowest BCUT2D eigenvalue weighted by Gasteiger charge is -2.39. The molecule has 2 aliphatic rings. The number of fused-ring (bicyclic) bond motifs is 2. The Morgan fingerprint density at radius 3 is 2.83 bits per heavy atom. The van der Waals surface area contributed by atoms with Crippen LogP contribution in [0.25, 0.3) is 0 Å². The van der Waals surface area contributed by atoms with Crippen molar-refractivity contribution in [2.24, 2.45) is 0 Å². The molecule has 2 aliphatic heterocycles. The van der Waals surface area contributed by atoms with Gasteiger partial charge in [0.2, 0.25) is 12.7 Å². The van der Waals surface area contributed by atoms with E-state index < -0.39 is 12.0 Å². The highest BCUT2D eigenvalue weighted by Gasteiger charge is 2.43. The fourth-order valence-electron chi connectivity index (χ4n) is 4.46. The Bertz CT molecular complexity index is 1310. The lowest BCUT2D eigenvalue weighted by atomic mass is 9.79. The molecule has 180 valence electrons. The van der Waals surface area contributed by atoms with Crippen molar-refractivity contribution in [2.45, 2.75) is 25.3 Å². The normalized spacial score (nSPS) is 18.2. The Morgan fingerprint density at radius 1 is 1.20 bits per heavy atom. The minimum atomic E-state index is -0.702. The van der Waals surface area contributed by atoms with Crippen LogP contribution in [0.3, 0.4) is 0 Å². The van der Waals surface area contributed by atoms with E-state index in [9.17, 15) is 14.4 Å². The van der Waals surface area contributed by atoms with E-state index in [1.807, 2.05) is 18.2 Å². The summed E-state index contributed by atoms with van der Waals surface area (Å²) >= 11 is 1.23. The third-order valence-electron chi connectivity index (χ3n) is 6.01. The molecule has 5 rings (SSSR count). The first kappa shape index (κ1) is 22.9. The van der Waals surface area contributed by atoms with Gasteiger partial charge in [-0.25, -0.2) is 4.98 Å². The molecule has 2 amide bonds. The van der Waals surface area contributed by atoms with Crippen molar-refractivity contribution in [1.82, 2.24) is 9.88 Å². The zero-order valence-corrected chi connectivity index (χ0v) is 20.0. The molecule has 0 aliphatic carbocycles. The topological polar surface area (TPSA) is 107 Å². The number of esters is 1. The van der Waals surface area contributed by atoms with Crippen molar-refractivity contribution < 1.29 is 28.6 Å². The summed E-state index contributed by atoms with van der Waals surface area (Å²) in [4.78, 5) is 44.6. The minimum Gasteiger partial charge on any atom is -0.466 e. The van der Waals surface area contributed by atoms with E-state index in [4.69, 9.17) is 14.2 Å². The van der Waals surface area contributed by atoms with Crippen molar-refractivity contribution in [2.75, 3.05) is 25.8 Å². The highest BCUT2D eigenvalue weighted by atomic mass is 32.1. The molecule has 0 spiro atoms. The number of ether oxygens (including phenoxy) is 3. The average molecular weight is 494 g/mol. The van der Waals surface area contributed by atoms with Crippen LogP contribution in [0.1, 0.15) is 46.1 Å². The molecule has 2 atom stereocenters. The molecule has 35 heavy (non-hydrogen) atoms. The standard InChI is InChI=1S/C25H23N3O6S/c1-3-32-20(29)11-15-12-35-25(26-15)27-23(30)21-16-6-4-5-7-17(16)24(31)28(2)22(21)14-8-9-18-19(10-14)34-13-33-18/h4-10,12,21-22H,3,11,13H2,1-2H3,(H,26,27,30)/t21-,22+/m1/s1. The van der Waals surface area contributed by atoms with Crippen LogP contribution < -0.4 is 14.8 Å². The molecule has 0 unspecified atom stereocenters. The van der Waals surface area contributed by atoms with E-state index in [-0.39, 0.29) is 31.0 Å². The number of rotatable bonds is 6. The molecule has 3 aromatic rings. The van der Waals surface area contributed by atoms with Crippen LogP contribution in [-0.4, -0.2) is 48.1 Å². The molecular weight excluding hydrogens is 470 g/mol. The Balaban J connectivity index is 1.48. The van der Waals surface area contributed by atoms with E-state index in [0.717, 1.165) is 5.56 Å². The van der Waals surface area contributed by atoms with Crippen molar-refractivity contribution >= 4 is 34.3 Å². The van der Waals surface area contributed by atoms with Crippen LogP contribution in [0.2, 0.25) is 0 Å². The maximum atomic E-state index is 13.7. The molecule has 10 heteroatoms. The number of nitrogens with one attached hydrogen (secondary N) is 1. The molecule has 1 aromatic heterocycles. The van der Waals surface area contributed by atoms with Crippen molar-refractivity contribution in [3.05, 3.63) is 70.2 Å². The van der Waals surface area contributed by atoms with E-state index in [0.29, 0.717) is 40.1 Å². The maximum Gasteiger partial charge on any atom is 0.311 e. The number of benzene rings is 2. The second kappa shape index (κ2) is 9.38. The summed E-state index contributed by atoms with van der Waals surface area (Å²) in [6.07, 6.45) is 0.0313. The third kappa shape index (κ3) is 4.32.